The molecule has 0 aromatic rings. The van der Waals surface area contributed by atoms with E-state index >= 15 is 0 Å². The average Bonchev–Trinajstić information content (AvgIpc) is 2.10. The summed E-state index contributed by atoms with van der Waals surface area (Å²) in [4.78, 5) is 13.7. The third kappa shape index (κ3) is 3.07. The molecule has 0 radical (unpaired) electrons. The summed E-state index contributed by atoms with van der Waals surface area (Å²) in [7, 11) is 0. The Bertz CT molecular complexity index is 308. The highest BCUT2D eigenvalue weighted by molar-refractivity contribution is 8.00. The van der Waals surface area contributed by atoms with Gasteiger partial charge in [-0.25, -0.2) is 4.79 Å². The number of likely N-dealkylation sites (tertiary alicyclic amines) is 1. The number of nitrogens with zero attached hydrogens (tertiary/aromatic N) is 1. The van der Waals surface area contributed by atoms with E-state index in [9.17, 15) is 4.79 Å². The van der Waals surface area contributed by atoms with Crippen molar-refractivity contribution in [1.29, 1.82) is 0 Å². The minimum Gasteiger partial charge on any atom is -0.444 e. The van der Waals surface area contributed by atoms with Crippen molar-refractivity contribution in [2.45, 2.75) is 50.6 Å². The lowest BCUT2D eigenvalue weighted by Gasteiger charge is -2.53. The van der Waals surface area contributed by atoms with E-state index in [4.69, 9.17) is 4.74 Å². The topological polar surface area (TPSA) is 41.6 Å². The Kier molecular flexibility index (Phi) is 3.34. The predicted octanol–water partition coefficient (Wildman–Crippen LogP) is 2.05. The fourth-order valence-corrected chi connectivity index (χ4v) is 3.84. The molecule has 4 nitrogen and oxygen atoms in total. The molecule has 1 amide bonds. The van der Waals surface area contributed by atoms with Crippen LogP contribution in [0.15, 0.2) is 0 Å². The van der Waals surface area contributed by atoms with Crippen LogP contribution in [0.2, 0.25) is 0 Å². The molecule has 2 aliphatic rings. The van der Waals surface area contributed by atoms with Gasteiger partial charge in [0.25, 0.3) is 0 Å². The van der Waals surface area contributed by atoms with Gasteiger partial charge in [-0.2, -0.15) is 0 Å². The summed E-state index contributed by atoms with van der Waals surface area (Å²) in [6.07, 6.45) is 1.02. The van der Waals surface area contributed by atoms with Gasteiger partial charge < -0.3 is 9.64 Å². The second-order valence-corrected chi connectivity index (χ2v) is 7.49. The highest BCUT2D eigenvalue weighted by Gasteiger charge is 2.48. The van der Waals surface area contributed by atoms with E-state index < -0.39 is 5.60 Å². The number of rotatable bonds is 0. The molecule has 2 saturated heterocycles. The molecule has 0 bridgehead atoms. The number of hydrogen-bond donors (Lipinski definition) is 1. The quantitative estimate of drug-likeness (QED) is 0.722. The molecule has 17 heavy (non-hydrogen) atoms. The molecule has 98 valence electrons. The molecule has 1 N–H and O–H groups in total. The van der Waals surface area contributed by atoms with E-state index in [1.54, 1.807) is 4.90 Å². The lowest BCUT2D eigenvalue weighted by Crippen LogP contribution is -2.71. The van der Waals surface area contributed by atoms with Crippen LogP contribution < -0.4 is 5.32 Å². The third-order valence-electron chi connectivity index (χ3n) is 2.98. The molecule has 2 heterocycles. The van der Waals surface area contributed by atoms with Gasteiger partial charge in [0.2, 0.25) is 0 Å². The van der Waals surface area contributed by atoms with Crippen molar-refractivity contribution in [2.24, 2.45) is 0 Å². The van der Waals surface area contributed by atoms with Gasteiger partial charge in [0, 0.05) is 6.04 Å². The van der Waals surface area contributed by atoms with E-state index in [0.29, 0.717) is 6.04 Å². The Hall–Kier alpha value is -0.420. The second kappa shape index (κ2) is 4.35. The van der Waals surface area contributed by atoms with Crippen molar-refractivity contribution in [3.8, 4) is 0 Å². The van der Waals surface area contributed by atoms with Gasteiger partial charge in [0.15, 0.2) is 0 Å². The van der Waals surface area contributed by atoms with Crippen molar-refractivity contribution in [1.82, 2.24) is 10.2 Å². The standard InChI is InChI=1S/C12H22N2O2S/c1-9-5-6-17-12(13-9)7-14(8-12)10(15)16-11(2,3)4/h9,13H,5-8H2,1-4H3. The lowest BCUT2D eigenvalue weighted by molar-refractivity contribution is -0.00119. The predicted molar refractivity (Wildman–Crippen MR) is 70.2 cm³/mol. The first-order chi connectivity index (χ1) is 7.80. The number of hydrogen-bond acceptors (Lipinski definition) is 4. The normalized spacial score (nSPS) is 27.8. The molecule has 0 aromatic heterocycles. The zero-order chi connectivity index (χ0) is 12.7. The Morgan fingerprint density at radius 1 is 1.47 bits per heavy atom. The summed E-state index contributed by atoms with van der Waals surface area (Å²) in [6, 6.07) is 0.553. The van der Waals surface area contributed by atoms with E-state index in [1.165, 1.54) is 12.2 Å². The number of carbonyl (C=O) groups is 1. The number of thioether (sulfide) groups is 1. The van der Waals surface area contributed by atoms with Gasteiger partial charge in [0.1, 0.15) is 10.5 Å². The molecule has 5 heteroatoms. The maximum atomic E-state index is 11.8. The maximum Gasteiger partial charge on any atom is 0.410 e. The molecule has 1 spiro atoms. The van der Waals surface area contributed by atoms with Crippen LogP contribution in [0.1, 0.15) is 34.1 Å². The van der Waals surface area contributed by atoms with Crippen LogP contribution in [0.25, 0.3) is 0 Å². The number of amides is 1. The van der Waals surface area contributed by atoms with E-state index in [1.807, 2.05) is 32.5 Å². The Morgan fingerprint density at radius 3 is 2.65 bits per heavy atom. The Morgan fingerprint density at radius 2 is 2.12 bits per heavy atom. The van der Waals surface area contributed by atoms with Crippen LogP contribution in [-0.4, -0.2) is 46.3 Å². The number of ether oxygens (including phenoxy) is 1. The van der Waals surface area contributed by atoms with Gasteiger partial charge in [-0.05, 0) is 39.9 Å². The largest absolute Gasteiger partial charge is 0.444 e. The minimum absolute atomic E-state index is 0.0918. The maximum absolute atomic E-state index is 11.8. The van der Waals surface area contributed by atoms with Gasteiger partial charge in [0.05, 0.1) is 13.1 Å². The summed E-state index contributed by atoms with van der Waals surface area (Å²) in [6.45, 7) is 9.42. The Labute approximate surface area is 107 Å². The smallest absolute Gasteiger partial charge is 0.410 e. The molecule has 1 atom stereocenters. The first-order valence-electron chi connectivity index (χ1n) is 6.19. The van der Waals surface area contributed by atoms with E-state index in [2.05, 4.69) is 12.2 Å². The summed E-state index contributed by atoms with van der Waals surface area (Å²) in [5, 5.41) is 3.59. The minimum atomic E-state index is -0.403. The first kappa shape index (κ1) is 13.0. The van der Waals surface area contributed by atoms with Gasteiger partial charge in [-0.1, -0.05) is 0 Å². The van der Waals surface area contributed by atoms with Crippen LogP contribution in [0.3, 0.4) is 0 Å². The molecule has 0 aromatic carbocycles. The molecule has 1 unspecified atom stereocenters. The molecular weight excluding hydrogens is 236 g/mol. The summed E-state index contributed by atoms with van der Waals surface area (Å²) < 4.78 is 5.35. The summed E-state index contributed by atoms with van der Waals surface area (Å²) in [5.41, 5.74) is -0.403. The molecular formula is C12H22N2O2S. The van der Waals surface area contributed by atoms with Crippen molar-refractivity contribution in [3.63, 3.8) is 0 Å². The molecule has 0 saturated carbocycles. The lowest BCUT2D eigenvalue weighted by atomic mass is 10.1. The van der Waals surface area contributed by atoms with Crippen LogP contribution >= 0.6 is 11.8 Å². The number of nitrogens with one attached hydrogen (secondary N) is 1. The van der Waals surface area contributed by atoms with Crippen molar-refractivity contribution in [3.05, 3.63) is 0 Å². The highest BCUT2D eigenvalue weighted by Crippen LogP contribution is 2.37. The van der Waals surface area contributed by atoms with Gasteiger partial charge in [-0.3, -0.25) is 5.32 Å². The zero-order valence-corrected chi connectivity index (χ0v) is 11.9. The average molecular weight is 258 g/mol. The summed E-state index contributed by atoms with van der Waals surface area (Å²) >= 11 is 1.93. The van der Waals surface area contributed by atoms with Crippen molar-refractivity contribution < 1.29 is 9.53 Å². The zero-order valence-electron chi connectivity index (χ0n) is 11.1. The molecule has 0 aliphatic carbocycles. The van der Waals surface area contributed by atoms with Gasteiger partial charge in [-0.15, -0.1) is 11.8 Å². The van der Waals surface area contributed by atoms with Crippen molar-refractivity contribution >= 4 is 17.9 Å². The van der Waals surface area contributed by atoms with E-state index in [0.717, 1.165) is 13.1 Å². The van der Waals surface area contributed by atoms with Crippen LogP contribution in [0.5, 0.6) is 0 Å². The first-order valence-corrected chi connectivity index (χ1v) is 7.18. The monoisotopic (exact) mass is 258 g/mol. The SMILES string of the molecule is CC1CCSC2(CN(C(=O)OC(C)(C)C)C2)N1. The molecule has 2 fully saturated rings. The number of carbonyl (C=O) groups excluding carboxylic acids is 1. The summed E-state index contributed by atoms with van der Waals surface area (Å²) in [5.74, 6) is 1.18. The Balaban J connectivity index is 1.83. The van der Waals surface area contributed by atoms with Crippen LogP contribution in [-0.2, 0) is 4.74 Å². The highest BCUT2D eigenvalue weighted by atomic mass is 32.2. The molecule has 2 aliphatic heterocycles. The van der Waals surface area contributed by atoms with Gasteiger partial charge >= 0.3 is 6.09 Å². The van der Waals surface area contributed by atoms with Crippen LogP contribution in [0.4, 0.5) is 4.79 Å². The third-order valence-corrected chi connectivity index (χ3v) is 4.35. The molecule has 2 rings (SSSR count). The second-order valence-electron chi connectivity index (χ2n) is 6.01. The van der Waals surface area contributed by atoms with Crippen LogP contribution in [0, 0.1) is 0 Å². The fourth-order valence-electron chi connectivity index (χ4n) is 2.20. The fraction of sp³-hybridized carbons (Fsp3) is 0.917. The van der Waals surface area contributed by atoms with E-state index in [-0.39, 0.29) is 11.0 Å². The van der Waals surface area contributed by atoms with Crippen molar-refractivity contribution in [2.75, 3.05) is 18.8 Å².